The molecule has 0 aromatic heterocycles. The summed E-state index contributed by atoms with van der Waals surface area (Å²) in [5.41, 5.74) is -0.540. The number of carbonyl (C=O) groups excluding carboxylic acids is 1. The van der Waals surface area contributed by atoms with Gasteiger partial charge in [0.1, 0.15) is 5.60 Å². The number of carboxylic acid groups (broad SMARTS) is 1. The molecule has 1 atom stereocenters. The van der Waals surface area contributed by atoms with E-state index in [4.69, 9.17) is 9.84 Å². The highest BCUT2D eigenvalue weighted by atomic mass is 16.6. The first-order valence-corrected chi connectivity index (χ1v) is 7.01. The van der Waals surface area contributed by atoms with Crippen molar-refractivity contribution in [1.29, 1.82) is 0 Å². The van der Waals surface area contributed by atoms with Gasteiger partial charge >= 0.3 is 12.1 Å². The third kappa shape index (κ3) is 3.19. The maximum absolute atomic E-state index is 12.3. The normalized spacial score (nSPS) is 30.3. The average Bonchev–Trinajstić information content (AvgIpc) is 2.26. The van der Waals surface area contributed by atoms with Crippen molar-refractivity contribution in [3.05, 3.63) is 0 Å². The second-order valence-corrected chi connectivity index (χ2v) is 6.62. The Kier molecular flexibility index (Phi) is 3.74. The molecule has 1 saturated carbocycles. The van der Waals surface area contributed by atoms with E-state index in [1.54, 1.807) is 4.90 Å². The van der Waals surface area contributed by atoms with Gasteiger partial charge in [0.25, 0.3) is 0 Å². The highest BCUT2D eigenvalue weighted by Crippen LogP contribution is 2.41. The molecule has 3 aliphatic rings. The Labute approximate surface area is 113 Å². The van der Waals surface area contributed by atoms with E-state index in [1.807, 2.05) is 20.8 Å². The SMILES string of the molecule is CC(C)(C)OC(=O)N1C2CCC(CC2)C1CC(=O)O. The van der Waals surface area contributed by atoms with Crippen LogP contribution in [0, 0.1) is 5.92 Å². The fourth-order valence-corrected chi connectivity index (χ4v) is 3.31. The van der Waals surface area contributed by atoms with Gasteiger partial charge in [-0.2, -0.15) is 0 Å². The molecule has 3 rings (SSSR count). The number of ether oxygens (including phenoxy) is 1. The van der Waals surface area contributed by atoms with Gasteiger partial charge in [0, 0.05) is 12.1 Å². The summed E-state index contributed by atoms with van der Waals surface area (Å²) in [7, 11) is 0. The van der Waals surface area contributed by atoms with E-state index in [9.17, 15) is 9.59 Å². The maximum Gasteiger partial charge on any atom is 0.410 e. The molecular formula is C14H23NO4. The number of carbonyl (C=O) groups is 2. The maximum atomic E-state index is 12.3. The van der Waals surface area contributed by atoms with Gasteiger partial charge in [-0.25, -0.2) is 4.79 Å². The van der Waals surface area contributed by atoms with E-state index >= 15 is 0 Å². The monoisotopic (exact) mass is 269 g/mol. The lowest BCUT2D eigenvalue weighted by Crippen LogP contribution is -2.58. The molecule has 5 nitrogen and oxygen atoms in total. The Morgan fingerprint density at radius 2 is 1.79 bits per heavy atom. The van der Waals surface area contributed by atoms with E-state index < -0.39 is 11.6 Å². The third-order valence-electron chi connectivity index (χ3n) is 4.02. The molecule has 0 radical (unpaired) electrons. The summed E-state index contributed by atoms with van der Waals surface area (Å²) in [4.78, 5) is 25.0. The molecule has 1 unspecified atom stereocenters. The number of hydrogen-bond donors (Lipinski definition) is 1. The van der Waals surface area contributed by atoms with E-state index in [2.05, 4.69) is 0 Å². The Hall–Kier alpha value is -1.26. The second kappa shape index (κ2) is 5.02. The van der Waals surface area contributed by atoms with Gasteiger partial charge in [0.2, 0.25) is 0 Å². The van der Waals surface area contributed by atoms with Crippen molar-refractivity contribution in [3.8, 4) is 0 Å². The predicted molar refractivity (Wildman–Crippen MR) is 69.9 cm³/mol. The summed E-state index contributed by atoms with van der Waals surface area (Å²) in [5, 5.41) is 9.05. The van der Waals surface area contributed by atoms with Crippen LogP contribution in [0.5, 0.6) is 0 Å². The van der Waals surface area contributed by atoms with Gasteiger partial charge in [0.15, 0.2) is 0 Å². The first-order chi connectivity index (χ1) is 8.78. The van der Waals surface area contributed by atoms with Crippen LogP contribution >= 0.6 is 0 Å². The first-order valence-electron chi connectivity index (χ1n) is 7.01. The zero-order chi connectivity index (χ0) is 14.2. The lowest BCUT2D eigenvalue weighted by Gasteiger charge is -2.50. The van der Waals surface area contributed by atoms with Gasteiger partial charge in [-0.15, -0.1) is 0 Å². The molecule has 5 heteroatoms. The lowest BCUT2D eigenvalue weighted by molar-refractivity contribution is -0.140. The minimum Gasteiger partial charge on any atom is -0.481 e. The molecule has 0 spiro atoms. The molecule has 1 aliphatic carbocycles. The summed E-state index contributed by atoms with van der Waals surface area (Å²) < 4.78 is 5.44. The van der Waals surface area contributed by atoms with Crippen molar-refractivity contribution in [2.45, 2.75) is 70.6 Å². The van der Waals surface area contributed by atoms with Crippen molar-refractivity contribution >= 4 is 12.1 Å². The summed E-state index contributed by atoms with van der Waals surface area (Å²) in [5.74, 6) is -0.528. The lowest BCUT2D eigenvalue weighted by atomic mass is 9.74. The zero-order valence-electron chi connectivity index (χ0n) is 11.9. The fraction of sp³-hybridized carbons (Fsp3) is 0.857. The smallest absolute Gasteiger partial charge is 0.410 e. The van der Waals surface area contributed by atoms with Crippen LogP contribution in [0.3, 0.4) is 0 Å². The fourth-order valence-electron chi connectivity index (χ4n) is 3.31. The molecule has 0 aromatic carbocycles. The van der Waals surface area contributed by atoms with Gasteiger partial charge in [-0.3, -0.25) is 4.79 Å². The van der Waals surface area contributed by atoms with Crippen molar-refractivity contribution in [2.24, 2.45) is 5.92 Å². The largest absolute Gasteiger partial charge is 0.481 e. The average molecular weight is 269 g/mol. The van der Waals surface area contributed by atoms with E-state index in [1.165, 1.54) is 0 Å². The number of carboxylic acids is 1. The standard InChI is InChI=1S/C14H23NO4/c1-14(2,3)19-13(18)15-10-6-4-9(5-7-10)11(15)8-12(16)17/h9-11H,4-8H2,1-3H3,(H,16,17). The zero-order valence-corrected chi connectivity index (χ0v) is 11.9. The number of aliphatic carboxylic acids is 1. The van der Waals surface area contributed by atoms with Gasteiger partial charge in [-0.05, 0) is 52.4 Å². The highest BCUT2D eigenvalue weighted by Gasteiger charge is 2.46. The summed E-state index contributed by atoms with van der Waals surface area (Å²) >= 11 is 0. The van der Waals surface area contributed by atoms with Crippen molar-refractivity contribution < 1.29 is 19.4 Å². The third-order valence-corrected chi connectivity index (χ3v) is 4.02. The molecule has 2 bridgehead atoms. The Morgan fingerprint density at radius 3 is 2.26 bits per heavy atom. The van der Waals surface area contributed by atoms with Crippen LogP contribution in [0.25, 0.3) is 0 Å². The highest BCUT2D eigenvalue weighted by molar-refractivity contribution is 5.72. The topological polar surface area (TPSA) is 66.8 Å². The predicted octanol–water partition coefficient (Wildman–Crippen LogP) is 2.64. The molecule has 3 fully saturated rings. The number of piperidine rings is 2. The minimum absolute atomic E-state index is 0.0282. The molecular weight excluding hydrogens is 246 g/mol. The molecule has 2 aliphatic heterocycles. The number of fused-ring (bicyclic) bond motifs is 3. The van der Waals surface area contributed by atoms with E-state index in [-0.39, 0.29) is 24.6 Å². The molecule has 0 aromatic rings. The molecule has 1 N–H and O–H groups in total. The number of hydrogen-bond acceptors (Lipinski definition) is 3. The minimum atomic E-state index is -0.842. The van der Waals surface area contributed by atoms with Crippen LogP contribution in [0.15, 0.2) is 0 Å². The van der Waals surface area contributed by atoms with Crippen molar-refractivity contribution in [3.63, 3.8) is 0 Å². The van der Waals surface area contributed by atoms with Gasteiger partial charge in [-0.1, -0.05) is 0 Å². The Balaban J connectivity index is 2.14. The number of nitrogens with zero attached hydrogens (tertiary/aromatic N) is 1. The van der Waals surface area contributed by atoms with Crippen molar-refractivity contribution in [1.82, 2.24) is 4.90 Å². The van der Waals surface area contributed by atoms with Gasteiger partial charge < -0.3 is 14.7 Å². The second-order valence-electron chi connectivity index (χ2n) is 6.62. The van der Waals surface area contributed by atoms with E-state index in [0.717, 1.165) is 25.7 Å². The van der Waals surface area contributed by atoms with Crippen LogP contribution in [0.2, 0.25) is 0 Å². The molecule has 2 heterocycles. The molecule has 2 saturated heterocycles. The first kappa shape index (κ1) is 14.2. The van der Waals surface area contributed by atoms with Crippen LogP contribution in [-0.2, 0) is 9.53 Å². The summed E-state index contributed by atoms with van der Waals surface area (Å²) in [6.45, 7) is 5.50. The number of rotatable bonds is 2. The summed E-state index contributed by atoms with van der Waals surface area (Å²) in [6.07, 6.45) is 3.68. The van der Waals surface area contributed by atoms with E-state index in [0.29, 0.717) is 5.92 Å². The van der Waals surface area contributed by atoms with Crippen LogP contribution in [0.4, 0.5) is 4.79 Å². The van der Waals surface area contributed by atoms with Crippen LogP contribution in [-0.4, -0.2) is 39.8 Å². The molecule has 19 heavy (non-hydrogen) atoms. The van der Waals surface area contributed by atoms with Crippen molar-refractivity contribution in [2.75, 3.05) is 0 Å². The molecule has 1 amide bonds. The van der Waals surface area contributed by atoms with Crippen LogP contribution < -0.4 is 0 Å². The quantitative estimate of drug-likeness (QED) is 0.836. The Bertz CT molecular complexity index is 366. The van der Waals surface area contributed by atoms with Crippen LogP contribution in [0.1, 0.15) is 52.9 Å². The Morgan fingerprint density at radius 1 is 1.21 bits per heavy atom. The number of amides is 1. The molecule has 108 valence electrons. The summed E-state index contributed by atoms with van der Waals surface area (Å²) in [6, 6.07) is -0.0379. The van der Waals surface area contributed by atoms with Gasteiger partial charge in [0.05, 0.1) is 6.42 Å².